The van der Waals surface area contributed by atoms with E-state index in [0.29, 0.717) is 5.92 Å². The van der Waals surface area contributed by atoms with Crippen molar-refractivity contribution in [1.29, 1.82) is 0 Å². The number of amides is 1. The zero-order chi connectivity index (χ0) is 13.8. The SMILES string of the molecule is Cc1ccc(N2CCC(CNC(=O)C(C)C)C2)cc1. The molecule has 104 valence electrons. The molecule has 1 aromatic rings. The van der Waals surface area contributed by atoms with E-state index >= 15 is 0 Å². The Morgan fingerprint density at radius 1 is 1.37 bits per heavy atom. The molecule has 3 nitrogen and oxygen atoms in total. The molecule has 0 spiro atoms. The van der Waals surface area contributed by atoms with Crippen LogP contribution in [0.3, 0.4) is 0 Å². The molecule has 3 heteroatoms. The Morgan fingerprint density at radius 2 is 2.05 bits per heavy atom. The van der Waals surface area contributed by atoms with Gasteiger partial charge in [-0.25, -0.2) is 0 Å². The van der Waals surface area contributed by atoms with Gasteiger partial charge in [-0.1, -0.05) is 31.5 Å². The summed E-state index contributed by atoms with van der Waals surface area (Å²) < 4.78 is 0. The van der Waals surface area contributed by atoms with Gasteiger partial charge in [-0.05, 0) is 31.4 Å². The van der Waals surface area contributed by atoms with Crippen molar-refractivity contribution in [2.75, 3.05) is 24.5 Å². The van der Waals surface area contributed by atoms with Crippen LogP contribution in [0.5, 0.6) is 0 Å². The molecule has 1 unspecified atom stereocenters. The molecule has 1 aromatic carbocycles. The van der Waals surface area contributed by atoms with Gasteiger partial charge in [-0.15, -0.1) is 0 Å². The first-order valence-electron chi connectivity index (χ1n) is 7.15. The van der Waals surface area contributed by atoms with Gasteiger partial charge in [0.25, 0.3) is 0 Å². The number of nitrogens with one attached hydrogen (secondary N) is 1. The molecule has 1 fully saturated rings. The van der Waals surface area contributed by atoms with Crippen LogP contribution in [-0.2, 0) is 4.79 Å². The lowest BCUT2D eigenvalue weighted by Crippen LogP contribution is -2.33. The van der Waals surface area contributed by atoms with Crippen LogP contribution < -0.4 is 10.2 Å². The number of hydrogen-bond donors (Lipinski definition) is 1. The molecule has 1 aliphatic heterocycles. The molecule has 1 heterocycles. The zero-order valence-electron chi connectivity index (χ0n) is 12.1. The minimum atomic E-state index is 0.0783. The first-order valence-corrected chi connectivity index (χ1v) is 7.15. The van der Waals surface area contributed by atoms with E-state index in [1.54, 1.807) is 0 Å². The van der Waals surface area contributed by atoms with Gasteiger partial charge < -0.3 is 10.2 Å². The molecule has 1 aliphatic rings. The zero-order valence-corrected chi connectivity index (χ0v) is 12.1. The highest BCUT2D eigenvalue weighted by Crippen LogP contribution is 2.23. The van der Waals surface area contributed by atoms with Crippen molar-refractivity contribution < 1.29 is 4.79 Å². The van der Waals surface area contributed by atoms with Crippen molar-refractivity contribution in [3.63, 3.8) is 0 Å². The minimum Gasteiger partial charge on any atom is -0.371 e. The molecule has 1 amide bonds. The number of carbonyl (C=O) groups is 1. The van der Waals surface area contributed by atoms with Crippen LogP contribution >= 0.6 is 0 Å². The molecule has 0 aliphatic carbocycles. The average molecular weight is 260 g/mol. The quantitative estimate of drug-likeness (QED) is 0.902. The fourth-order valence-electron chi connectivity index (χ4n) is 2.44. The maximum atomic E-state index is 11.6. The van der Waals surface area contributed by atoms with Crippen molar-refractivity contribution in [3.05, 3.63) is 29.8 Å². The number of benzene rings is 1. The Morgan fingerprint density at radius 3 is 2.68 bits per heavy atom. The van der Waals surface area contributed by atoms with E-state index in [9.17, 15) is 4.79 Å². The van der Waals surface area contributed by atoms with Gasteiger partial charge in [0.15, 0.2) is 0 Å². The maximum Gasteiger partial charge on any atom is 0.222 e. The highest BCUT2D eigenvalue weighted by molar-refractivity contribution is 5.77. The summed E-state index contributed by atoms with van der Waals surface area (Å²) in [5.41, 5.74) is 2.59. The largest absolute Gasteiger partial charge is 0.371 e. The molecule has 1 atom stereocenters. The van der Waals surface area contributed by atoms with Gasteiger partial charge in [0, 0.05) is 31.2 Å². The fraction of sp³-hybridized carbons (Fsp3) is 0.562. The predicted molar refractivity (Wildman–Crippen MR) is 79.3 cm³/mol. The van der Waals surface area contributed by atoms with Crippen LogP contribution in [0.2, 0.25) is 0 Å². The molecule has 1 saturated heterocycles. The summed E-state index contributed by atoms with van der Waals surface area (Å²) >= 11 is 0. The molecular weight excluding hydrogens is 236 g/mol. The maximum absolute atomic E-state index is 11.6. The molecule has 0 aromatic heterocycles. The summed E-state index contributed by atoms with van der Waals surface area (Å²) in [6, 6.07) is 8.68. The Labute approximate surface area is 116 Å². The van der Waals surface area contributed by atoms with Gasteiger partial charge in [-0.3, -0.25) is 4.79 Å². The molecule has 1 N–H and O–H groups in total. The van der Waals surface area contributed by atoms with E-state index in [4.69, 9.17) is 0 Å². The van der Waals surface area contributed by atoms with Crippen LogP contribution in [0.25, 0.3) is 0 Å². The van der Waals surface area contributed by atoms with Crippen LogP contribution in [0.4, 0.5) is 5.69 Å². The second-order valence-electron chi connectivity index (χ2n) is 5.84. The molecule has 2 rings (SSSR count). The Hall–Kier alpha value is -1.51. The smallest absolute Gasteiger partial charge is 0.222 e. The highest BCUT2D eigenvalue weighted by Gasteiger charge is 2.23. The van der Waals surface area contributed by atoms with E-state index in [1.807, 2.05) is 13.8 Å². The predicted octanol–water partition coefficient (Wildman–Crippen LogP) is 2.59. The summed E-state index contributed by atoms with van der Waals surface area (Å²) in [7, 11) is 0. The summed E-state index contributed by atoms with van der Waals surface area (Å²) in [6.45, 7) is 8.91. The summed E-state index contributed by atoms with van der Waals surface area (Å²) in [4.78, 5) is 14.0. The summed E-state index contributed by atoms with van der Waals surface area (Å²) in [6.07, 6.45) is 1.16. The molecule has 0 bridgehead atoms. The van der Waals surface area contributed by atoms with Crippen molar-refractivity contribution in [3.8, 4) is 0 Å². The Kier molecular flexibility index (Phi) is 4.46. The number of anilines is 1. The normalized spacial score (nSPS) is 18.9. The highest BCUT2D eigenvalue weighted by atomic mass is 16.1. The standard InChI is InChI=1S/C16H24N2O/c1-12(2)16(19)17-10-14-8-9-18(11-14)15-6-4-13(3)5-7-15/h4-7,12,14H,8-11H2,1-3H3,(H,17,19). The third-order valence-corrected chi connectivity index (χ3v) is 3.77. The van der Waals surface area contributed by atoms with E-state index in [-0.39, 0.29) is 11.8 Å². The van der Waals surface area contributed by atoms with Gasteiger partial charge in [0.2, 0.25) is 5.91 Å². The fourth-order valence-corrected chi connectivity index (χ4v) is 2.44. The first-order chi connectivity index (χ1) is 9.06. The van der Waals surface area contributed by atoms with Crippen molar-refractivity contribution >= 4 is 11.6 Å². The van der Waals surface area contributed by atoms with Crippen molar-refractivity contribution in [2.24, 2.45) is 11.8 Å². The first kappa shape index (κ1) is 13.9. The number of nitrogens with zero attached hydrogens (tertiary/aromatic N) is 1. The van der Waals surface area contributed by atoms with Crippen LogP contribution in [0.1, 0.15) is 25.8 Å². The molecule has 19 heavy (non-hydrogen) atoms. The number of rotatable bonds is 4. The van der Waals surface area contributed by atoms with Crippen LogP contribution in [0.15, 0.2) is 24.3 Å². The lowest BCUT2D eigenvalue weighted by molar-refractivity contribution is -0.124. The lowest BCUT2D eigenvalue weighted by Gasteiger charge is -2.19. The monoisotopic (exact) mass is 260 g/mol. The molecule has 0 radical (unpaired) electrons. The number of hydrogen-bond acceptors (Lipinski definition) is 2. The van der Waals surface area contributed by atoms with E-state index in [2.05, 4.69) is 41.4 Å². The number of carbonyl (C=O) groups excluding carboxylic acids is 1. The van der Waals surface area contributed by atoms with E-state index < -0.39 is 0 Å². The second kappa shape index (κ2) is 6.09. The van der Waals surface area contributed by atoms with Crippen LogP contribution in [-0.4, -0.2) is 25.5 Å². The van der Waals surface area contributed by atoms with Gasteiger partial charge in [0.05, 0.1) is 0 Å². The minimum absolute atomic E-state index is 0.0783. The number of aryl methyl sites for hydroxylation is 1. The third kappa shape index (κ3) is 3.72. The Bertz CT molecular complexity index is 425. The van der Waals surface area contributed by atoms with Crippen molar-refractivity contribution in [2.45, 2.75) is 27.2 Å². The second-order valence-corrected chi connectivity index (χ2v) is 5.84. The van der Waals surface area contributed by atoms with Crippen molar-refractivity contribution in [1.82, 2.24) is 5.32 Å². The van der Waals surface area contributed by atoms with Gasteiger partial charge >= 0.3 is 0 Å². The van der Waals surface area contributed by atoms with E-state index in [1.165, 1.54) is 11.3 Å². The van der Waals surface area contributed by atoms with Gasteiger partial charge in [-0.2, -0.15) is 0 Å². The van der Waals surface area contributed by atoms with Gasteiger partial charge in [0.1, 0.15) is 0 Å². The van der Waals surface area contributed by atoms with Crippen LogP contribution in [0, 0.1) is 18.8 Å². The third-order valence-electron chi connectivity index (χ3n) is 3.77. The lowest BCUT2D eigenvalue weighted by atomic mass is 10.1. The van der Waals surface area contributed by atoms with E-state index in [0.717, 1.165) is 26.1 Å². The molecular formula is C16H24N2O. The summed E-state index contributed by atoms with van der Waals surface area (Å²) in [5.74, 6) is 0.812. The Balaban J connectivity index is 1.83. The molecule has 0 saturated carbocycles. The average Bonchev–Trinajstić information content (AvgIpc) is 2.85. The summed E-state index contributed by atoms with van der Waals surface area (Å²) in [5, 5.41) is 3.04. The topological polar surface area (TPSA) is 32.3 Å².